The third-order valence-electron chi connectivity index (χ3n) is 3.18. The Morgan fingerprint density at radius 3 is 2.94 bits per heavy atom. The van der Waals surface area contributed by atoms with Crippen molar-refractivity contribution in [1.82, 2.24) is 10.3 Å². The Kier molecular flexibility index (Phi) is 3.65. The van der Waals surface area contributed by atoms with Crippen LogP contribution < -0.4 is 5.32 Å². The van der Waals surface area contributed by atoms with Gasteiger partial charge < -0.3 is 10.3 Å². The number of aromatic amines is 1. The van der Waals surface area contributed by atoms with Crippen molar-refractivity contribution in [2.75, 3.05) is 7.05 Å². The van der Waals surface area contributed by atoms with Crippen molar-refractivity contribution < 1.29 is 9.18 Å². The van der Waals surface area contributed by atoms with Gasteiger partial charge >= 0.3 is 0 Å². The number of H-pyrrole nitrogens is 1. The zero-order valence-electron chi connectivity index (χ0n) is 10.6. The Labute approximate surface area is 105 Å². The summed E-state index contributed by atoms with van der Waals surface area (Å²) in [5, 5.41) is 3.65. The first kappa shape index (κ1) is 12.6. The molecule has 0 saturated carbocycles. The predicted molar refractivity (Wildman–Crippen MR) is 70.0 cm³/mol. The third-order valence-corrected chi connectivity index (χ3v) is 3.18. The summed E-state index contributed by atoms with van der Waals surface area (Å²) in [4.78, 5) is 14.2. The van der Waals surface area contributed by atoms with Gasteiger partial charge in [0.2, 0.25) is 5.91 Å². The Morgan fingerprint density at radius 1 is 1.44 bits per heavy atom. The Hall–Kier alpha value is -1.84. The molecule has 0 fully saturated rings. The molecule has 96 valence electrons. The largest absolute Gasteiger partial charge is 0.361 e. The normalized spacial score (nSPS) is 10.8. The molecular formula is C14H17FN2O. The van der Waals surface area contributed by atoms with Crippen LogP contribution in [0.4, 0.5) is 4.39 Å². The molecule has 2 rings (SSSR count). The van der Waals surface area contributed by atoms with E-state index in [1.807, 2.05) is 12.3 Å². The first-order chi connectivity index (χ1) is 8.61. The fourth-order valence-electron chi connectivity index (χ4n) is 2.08. The van der Waals surface area contributed by atoms with Crippen molar-refractivity contribution in [3.8, 4) is 0 Å². The SMILES string of the molecule is CNC(=O)CCCc1c[nH]c2cc(F)c(C)cc12. The van der Waals surface area contributed by atoms with Crippen molar-refractivity contribution >= 4 is 16.8 Å². The molecule has 1 aromatic heterocycles. The number of hydrogen-bond acceptors (Lipinski definition) is 1. The average Bonchev–Trinajstić information content (AvgIpc) is 2.72. The molecule has 4 heteroatoms. The molecule has 2 aromatic rings. The number of rotatable bonds is 4. The molecular weight excluding hydrogens is 231 g/mol. The van der Waals surface area contributed by atoms with E-state index in [0.29, 0.717) is 12.0 Å². The van der Waals surface area contributed by atoms with Gasteiger partial charge in [0.15, 0.2) is 0 Å². The van der Waals surface area contributed by atoms with Crippen molar-refractivity contribution in [1.29, 1.82) is 0 Å². The van der Waals surface area contributed by atoms with Crippen LogP contribution in [0.2, 0.25) is 0 Å². The fourth-order valence-corrected chi connectivity index (χ4v) is 2.08. The molecule has 1 amide bonds. The van der Waals surface area contributed by atoms with Gasteiger partial charge in [-0.25, -0.2) is 4.39 Å². The van der Waals surface area contributed by atoms with Crippen LogP contribution in [0.1, 0.15) is 24.0 Å². The topological polar surface area (TPSA) is 44.9 Å². The van der Waals surface area contributed by atoms with Crippen LogP contribution in [0.5, 0.6) is 0 Å². The van der Waals surface area contributed by atoms with Crippen LogP contribution in [0.3, 0.4) is 0 Å². The molecule has 0 radical (unpaired) electrons. The molecule has 0 aliphatic carbocycles. The van der Waals surface area contributed by atoms with Crippen LogP contribution in [0, 0.1) is 12.7 Å². The number of amides is 1. The van der Waals surface area contributed by atoms with Crippen molar-refractivity contribution in [2.45, 2.75) is 26.2 Å². The number of aromatic nitrogens is 1. The van der Waals surface area contributed by atoms with Gasteiger partial charge in [-0.2, -0.15) is 0 Å². The van der Waals surface area contributed by atoms with Gasteiger partial charge in [0.1, 0.15) is 5.82 Å². The van der Waals surface area contributed by atoms with Gasteiger partial charge in [-0.1, -0.05) is 0 Å². The van der Waals surface area contributed by atoms with Gasteiger partial charge in [0.05, 0.1) is 0 Å². The monoisotopic (exact) mass is 248 g/mol. The molecule has 0 aliphatic rings. The quantitative estimate of drug-likeness (QED) is 0.858. The van der Waals surface area contributed by atoms with E-state index in [-0.39, 0.29) is 11.7 Å². The van der Waals surface area contributed by atoms with E-state index >= 15 is 0 Å². The predicted octanol–water partition coefficient (Wildman–Crippen LogP) is 2.68. The summed E-state index contributed by atoms with van der Waals surface area (Å²) >= 11 is 0. The summed E-state index contributed by atoms with van der Waals surface area (Å²) < 4.78 is 13.4. The maximum absolute atomic E-state index is 13.4. The fraction of sp³-hybridized carbons (Fsp3) is 0.357. The highest BCUT2D eigenvalue weighted by atomic mass is 19.1. The van der Waals surface area contributed by atoms with Gasteiger partial charge in [0.25, 0.3) is 0 Å². The minimum atomic E-state index is -0.193. The summed E-state index contributed by atoms with van der Waals surface area (Å²) in [7, 11) is 1.64. The van der Waals surface area contributed by atoms with Gasteiger partial charge in [-0.05, 0) is 43.0 Å². The summed E-state index contributed by atoms with van der Waals surface area (Å²) in [6, 6.07) is 3.38. The summed E-state index contributed by atoms with van der Waals surface area (Å²) in [5.74, 6) is -0.140. The second-order valence-corrected chi connectivity index (χ2v) is 4.49. The lowest BCUT2D eigenvalue weighted by molar-refractivity contribution is -0.120. The molecule has 1 heterocycles. The summed E-state index contributed by atoms with van der Waals surface area (Å²) in [5.41, 5.74) is 2.60. The average molecular weight is 248 g/mol. The first-order valence-corrected chi connectivity index (χ1v) is 6.08. The van der Waals surface area contributed by atoms with Crippen molar-refractivity contribution in [3.63, 3.8) is 0 Å². The Morgan fingerprint density at radius 2 is 2.22 bits per heavy atom. The van der Waals surface area contributed by atoms with Gasteiger partial charge in [-0.15, -0.1) is 0 Å². The van der Waals surface area contributed by atoms with E-state index < -0.39 is 0 Å². The molecule has 0 spiro atoms. The highest BCUT2D eigenvalue weighted by Crippen LogP contribution is 2.23. The minimum Gasteiger partial charge on any atom is -0.361 e. The highest BCUT2D eigenvalue weighted by molar-refractivity contribution is 5.84. The molecule has 0 saturated heterocycles. The smallest absolute Gasteiger partial charge is 0.219 e. The molecule has 0 bridgehead atoms. The second-order valence-electron chi connectivity index (χ2n) is 4.49. The van der Waals surface area contributed by atoms with Gasteiger partial charge in [0, 0.05) is 30.6 Å². The molecule has 0 aliphatic heterocycles. The van der Waals surface area contributed by atoms with Crippen LogP contribution in [-0.2, 0) is 11.2 Å². The number of fused-ring (bicyclic) bond motifs is 1. The maximum Gasteiger partial charge on any atom is 0.219 e. The third kappa shape index (κ3) is 2.53. The van der Waals surface area contributed by atoms with Gasteiger partial charge in [-0.3, -0.25) is 4.79 Å². The van der Waals surface area contributed by atoms with E-state index in [1.54, 1.807) is 14.0 Å². The number of halogens is 1. The molecule has 0 unspecified atom stereocenters. The Bertz CT molecular complexity index is 574. The van der Waals surface area contributed by atoms with E-state index in [0.717, 1.165) is 29.3 Å². The lowest BCUT2D eigenvalue weighted by Gasteiger charge is -2.01. The molecule has 18 heavy (non-hydrogen) atoms. The standard InChI is InChI=1S/C14H17FN2O/c1-9-6-11-10(4-3-5-14(18)16-2)8-17-13(11)7-12(9)15/h6-8,17H,3-5H2,1-2H3,(H,16,18). The number of nitrogens with one attached hydrogen (secondary N) is 2. The van der Waals surface area contributed by atoms with Crippen LogP contribution in [0.15, 0.2) is 18.3 Å². The van der Waals surface area contributed by atoms with E-state index in [2.05, 4.69) is 10.3 Å². The van der Waals surface area contributed by atoms with Crippen LogP contribution in [0.25, 0.3) is 10.9 Å². The molecule has 2 N–H and O–H groups in total. The first-order valence-electron chi connectivity index (χ1n) is 6.08. The summed E-state index contributed by atoms with van der Waals surface area (Å²) in [6.07, 6.45) is 4.03. The van der Waals surface area contributed by atoms with E-state index in [1.165, 1.54) is 6.07 Å². The highest BCUT2D eigenvalue weighted by Gasteiger charge is 2.07. The lowest BCUT2D eigenvalue weighted by Crippen LogP contribution is -2.17. The number of carbonyl (C=O) groups is 1. The zero-order chi connectivity index (χ0) is 13.1. The zero-order valence-corrected chi connectivity index (χ0v) is 10.6. The van der Waals surface area contributed by atoms with Crippen molar-refractivity contribution in [3.05, 3.63) is 35.3 Å². The minimum absolute atomic E-state index is 0.0528. The molecule has 3 nitrogen and oxygen atoms in total. The van der Waals surface area contributed by atoms with Crippen molar-refractivity contribution in [2.24, 2.45) is 0 Å². The van der Waals surface area contributed by atoms with Crippen LogP contribution in [-0.4, -0.2) is 17.9 Å². The van der Waals surface area contributed by atoms with Crippen LogP contribution >= 0.6 is 0 Å². The summed E-state index contributed by atoms with van der Waals surface area (Å²) in [6.45, 7) is 1.76. The lowest BCUT2D eigenvalue weighted by atomic mass is 10.0. The molecule has 1 aromatic carbocycles. The number of carbonyl (C=O) groups excluding carboxylic acids is 1. The number of benzene rings is 1. The number of aryl methyl sites for hydroxylation is 2. The van der Waals surface area contributed by atoms with E-state index in [9.17, 15) is 9.18 Å². The second kappa shape index (κ2) is 5.21. The number of hydrogen-bond donors (Lipinski definition) is 2. The Balaban J connectivity index is 2.14. The van der Waals surface area contributed by atoms with E-state index in [4.69, 9.17) is 0 Å². The maximum atomic E-state index is 13.4. The molecule has 0 atom stereocenters.